The zero-order chi connectivity index (χ0) is 6.36. The van der Waals surface area contributed by atoms with Gasteiger partial charge < -0.3 is 10.8 Å². The highest BCUT2D eigenvalue weighted by Gasteiger charge is 2.54. The molecule has 2 atom stereocenters. The van der Waals surface area contributed by atoms with Crippen LogP contribution in [0.25, 0.3) is 0 Å². The van der Waals surface area contributed by atoms with Gasteiger partial charge in [-0.15, -0.1) is 12.4 Å². The third kappa shape index (κ3) is 1.17. The van der Waals surface area contributed by atoms with Crippen molar-refractivity contribution >= 4 is 18.4 Å². The first-order chi connectivity index (χ1) is 3.57. The van der Waals surface area contributed by atoms with Crippen LogP contribution in [-0.2, 0) is 4.79 Å². The molecule has 2 unspecified atom stereocenters. The van der Waals surface area contributed by atoms with E-state index < -0.39 is 11.5 Å². The van der Waals surface area contributed by atoms with E-state index in [-0.39, 0.29) is 18.3 Å². The van der Waals surface area contributed by atoms with Gasteiger partial charge in [-0.3, -0.25) is 4.79 Å². The lowest BCUT2D eigenvalue weighted by molar-refractivity contribution is -0.140. The number of carbonyl (C=O) groups is 1. The monoisotopic (exact) mass is 151 g/mol. The molecule has 1 rings (SSSR count). The van der Waals surface area contributed by atoms with Gasteiger partial charge >= 0.3 is 5.97 Å². The minimum absolute atomic E-state index is 0. The number of rotatable bonds is 1. The second-order valence-electron chi connectivity index (χ2n) is 2.45. The standard InChI is InChI=1S/C5H9NO2.ClH/c1-3-2-5(3,6)4(7)8;/h3H,2,6H2,1H3,(H,7,8);1H. The first-order valence-electron chi connectivity index (χ1n) is 2.59. The molecule has 1 aliphatic carbocycles. The molecule has 0 spiro atoms. The van der Waals surface area contributed by atoms with Gasteiger partial charge in [0, 0.05) is 0 Å². The van der Waals surface area contributed by atoms with Crippen molar-refractivity contribution in [2.75, 3.05) is 0 Å². The van der Waals surface area contributed by atoms with Crippen molar-refractivity contribution in [1.29, 1.82) is 0 Å². The summed E-state index contributed by atoms with van der Waals surface area (Å²) in [6.07, 6.45) is 0.627. The number of hydrogen-bond donors (Lipinski definition) is 2. The Kier molecular flexibility index (Phi) is 2.09. The summed E-state index contributed by atoms with van der Waals surface area (Å²) >= 11 is 0. The normalized spacial score (nSPS) is 39.1. The molecular weight excluding hydrogens is 142 g/mol. The van der Waals surface area contributed by atoms with Crippen LogP contribution < -0.4 is 5.73 Å². The highest BCUT2D eigenvalue weighted by molar-refractivity contribution is 5.85. The third-order valence-corrected chi connectivity index (χ3v) is 1.76. The lowest BCUT2D eigenvalue weighted by Gasteiger charge is -1.98. The van der Waals surface area contributed by atoms with Crippen LogP contribution in [0.15, 0.2) is 0 Å². The molecule has 0 saturated heterocycles. The molecule has 0 aromatic carbocycles. The second-order valence-corrected chi connectivity index (χ2v) is 2.45. The van der Waals surface area contributed by atoms with Crippen molar-refractivity contribution in [2.45, 2.75) is 18.9 Å². The number of halogens is 1. The second kappa shape index (κ2) is 2.15. The van der Waals surface area contributed by atoms with Crippen molar-refractivity contribution in [2.24, 2.45) is 11.7 Å². The fourth-order valence-corrected chi connectivity index (χ4v) is 0.746. The van der Waals surface area contributed by atoms with Crippen molar-refractivity contribution < 1.29 is 9.90 Å². The maximum Gasteiger partial charge on any atom is 0.323 e. The quantitative estimate of drug-likeness (QED) is 0.564. The van der Waals surface area contributed by atoms with Crippen molar-refractivity contribution in [3.63, 3.8) is 0 Å². The Morgan fingerprint density at radius 2 is 2.22 bits per heavy atom. The lowest BCUT2D eigenvalue weighted by Crippen LogP contribution is -2.34. The van der Waals surface area contributed by atoms with Crippen LogP contribution in [0.1, 0.15) is 13.3 Å². The molecule has 3 nitrogen and oxygen atoms in total. The molecule has 0 radical (unpaired) electrons. The lowest BCUT2D eigenvalue weighted by atomic mass is 10.2. The average molecular weight is 152 g/mol. The van der Waals surface area contributed by atoms with E-state index in [1.165, 1.54) is 0 Å². The number of hydrogen-bond acceptors (Lipinski definition) is 2. The number of carboxylic acids is 1. The summed E-state index contributed by atoms with van der Waals surface area (Å²) in [4.78, 5) is 10.2. The molecule has 3 N–H and O–H groups in total. The maximum atomic E-state index is 10.2. The smallest absolute Gasteiger partial charge is 0.323 e. The van der Waals surface area contributed by atoms with Crippen molar-refractivity contribution in [3.05, 3.63) is 0 Å². The third-order valence-electron chi connectivity index (χ3n) is 1.76. The fourth-order valence-electron chi connectivity index (χ4n) is 0.746. The Morgan fingerprint density at radius 1 is 1.89 bits per heavy atom. The van der Waals surface area contributed by atoms with Gasteiger partial charge in [-0.2, -0.15) is 0 Å². The SMILES string of the molecule is CC1CC1(N)C(=O)O.Cl. The van der Waals surface area contributed by atoms with E-state index in [9.17, 15) is 4.79 Å². The summed E-state index contributed by atoms with van der Waals surface area (Å²) in [6.45, 7) is 1.84. The number of carboxylic acid groups (broad SMARTS) is 1. The highest BCUT2D eigenvalue weighted by atomic mass is 35.5. The summed E-state index contributed by atoms with van der Waals surface area (Å²) in [6, 6.07) is 0. The van der Waals surface area contributed by atoms with Gasteiger partial charge in [0.25, 0.3) is 0 Å². The van der Waals surface area contributed by atoms with E-state index in [0.717, 1.165) is 0 Å². The molecular formula is C5H10ClNO2. The first-order valence-corrected chi connectivity index (χ1v) is 2.59. The summed E-state index contributed by atoms with van der Waals surface area (Å²) in [7, 11) is 0. The van der Waals surface area contributed by atoms with Crippen LogP contribution in [0.4, 0.5) is 0 Å². The van der Waals surface area contributed by atoms with Crippen LogP contribution in [0.3, 0.4) is 0 Å². The van der Waals surface area contributed by atoms with Gasteiger partial charge in [-0.1, -0.05) is 6.92 Å². The average Bonchev–Trinajstić information content (AvgIpc) is 2.17. The van der Waals surface area contributed by atoms with E-state index in [2.05, 4.69) is 0 Å². The van der Waals surface area contributed by atoms with E-state index in [0.29, 0.717) is 6.42 Å². The van der Waals surface area contributed by atoms with Crippen LogP contribution in [0.5, 0.6) is 0 Å². The first kappa shape index (κ1) is 8.72. The molecule has 0 aliphatic heterocycles. The van der Waals surface area contributed by atoms with Gasteiger partial charge in [0.15, 0.2) is 0 Å². The van der Waals surface area contributed by atoms with E-state index >= 15 is 0 Å². The van der Waals surface area contributed by atoms with Gasteiger partial charge in [0.2, 0.25) is 0 Å². The molecule has 54 valence electrons. The Bertz CT molecular complexity index is 139. The van der Waals surface area contributed by atoms with Crippen LogP contribution in [-0.4, -0.2) is 16.6 Å². The van der Waals surface area contributed by atoms with E-state index in [4.69, 9.17) is 10.8 Å². The molecule has 1 saturated carbocycles. The van der Waals surface area contributed by atoms with Crippen molar-refractivity contribution in [3.8, 4) is 0 Å². The summed E-state index contributed by atoms with van der Waals surface area (Å²) in [5, 5.41) is 8.36. The topological polar surface area (TPSA) is 63.3 Å². The van der Waals surface area contributed by atoms with Gasteiger partial charge in [-0.05, 0) is 12.3 Å². The predicted octanol–water partition coefficient (Wildman–Crippen LogP) is 0.230. The van der Waals surface area contributed by atoms with Gasteiger partial charge in [-0.25, -0.2) is 0 Å². The molecule has 1 fully saturated rings. The van der Waals surface area contributed by atoms with Crippen LogP contribution in [0.2, 0.25) is 0 Å². The van der Waals surface area contributed by atoms with Gasteiger partial charge in [0.05, 0.1) is 0 Å². The largest absolute Gasteiger partial charge is 0.480 e. The molecule has 4 heteroatoms. The minimum Gasteiger partial charge on any atom is -0.480 e. The summed E-state index contributed by atoms with van der Waals surface area (Å²) in [5.41, 5.74) is 4.46. The highest BCUT2D eigenvalue weighted by Crippen LogP contribution is 2.40. The molecule has 0 bridgehead atoms. The minimum atomic E-state index is -0.875. The Balaban J connectivity index is 0.000000640. The predicted molar refractivity (Wildman–Crippen MR) is 35.6 cm³/mol. The Labute approximate surface area is 59.6 Å². The van der Waals surface area contributed by atoms with Crippen LogP contribution in [0, 0.1) is 5.92 Å². The molecule has 0 heterocycles. The van der Waals surface area contributed by atoms with E-state index in [1.54, 1.807) is 0 Å². The number of aliphatic carboxylic acids is 1. The summed E-state index contributed by atoms with van der Waals surface area (Å²) in [5.74, 6) is -0.704. The maximum absolute atomic E-state index is 10.2. The zero-order valence-corrected chi connectivity index (χ0v) is 5.94. The summed E-state index contributed by atoms with van der Waals surface area (Å²) < 4.78 is 0. The van der Waals surface area contributed by atoms with Gasteiger partial charge in [0.1, 0.15) is 5.54 Å². The zero-order valence-electron chi connectivity index (χ0n) is 5.13. The number of nitrogens with two attached hydrogens (primary N) is 1. The molecule has 9 heavy (non-hydrogen) atoms. The molecule has 0 aromatic rings. The Morgan fingerprint density at radius 3 is 2.22 bits per heavy atom. The molecule has 0 aromatic heterocycles. The fraction of sp³-hybridized carbons (Fsp3) is 0.800. The van der Waals surface area contributed by atoms with Crippen molar-refractivity contribution in [1.82, 2.24) is 0 Å². The molecule has 1 aliphatic rings. The van der Waals surface area contributed by atoms with Crippen LogP contribution >= 0.6 is 12.4 Å². The van der Waals surface area contributed by atoms with E-state index in [1.807, 2.05) is 6.92 Å². The molecule has 0 amide bonds. The Hall–Kier alpha value is -0.280.